The maximum absolute atomic E-state index is 12.0. The smallest absolute Gasteiger partial charge is 0.259 e. The lowest BCUT2D eigenvalue weighted by Crippen LogP contribution is -2.12. The van der Waals surface area contributed by atoms with Gasteiger partial charge in [-0.15, -0.1) is 10.2 Å². The van der Waals surface area contributed by atoms with Crippen LogP contribution in [0.25, 0.3) is 0 Å². The van der Waals surface area contributed by atoms with Crippen LogP contribution in [0.4, 0.5) is 5.13 Å². The molecule has 0 aliphatic carbocycles. The van der Waals surface area contributed by atoms with E-state index in [9.17, 15) is 4.79 Å². The molecule has 0 fully saturated rings. The van der Waals surface area contributed by atoms with Gasteiger partial charge in [0.15, 0.2) is 0 Å². The van der Waals surface area contributed by atoms with Crippen LogP contribution in [0.2, 0.25) is 10.0 Å². The Morgan fingerprint density at radius 1 is 1.39 bits per heavy atom. The standard InChI is InChI=1S/C11H9Cl2N3OS/c1-2-8-15-16-11(18-8)14-10(17)6-4-3-5-7(12)9(6)13/h3-5H,2H2,1H3,(H,14,16,17). The molecule has 0 spiro atoms. The van der Waals surface area contributed by atoms with Crippen LogP contribution in [0.3, 0.4) is 0 Å². The van der Waals surface area contributed by atoms with Crippen molar-refractivity contribution < 1.29 is 4.79 Å². The Labute approximate surface area is 118 Å². The summed E-state index contributed by atoms with van der Waals surface area (Å²) in [6, 6.07) is 4.90. The molecule has 0 atom stereocenters. The van der Waals surface area contributed by atoms with Gasteiger partial charge in [-0.05, 0) is 18.6 Å². The second kappa shape index (κ2) is 5.65. The predicted molar refractivity (Wildman–Crippen MR) is 73.7 cm³/mol. The van der Waals surface area contributed by atoms with Crippen molar-refractivity contribution in [3.8, 4) is 0 Å². The first-order valence-electron chi connectivity index (χ1n) is 5.19. The van der Waals surface area contributed by atoms with Crippen LogP contribution in [0.5, 0.6) is 0 Å². The molecular weight excluding hydrogens is 293 g/mol. The van der Waals surface area contributed by atoms with E-state index in [1.807, 2.05) is 6.92 Å². The lowest BCUT2D eigenvalue weighted by molar-refractivity contribution is 0.102. The van der Waals surface area contributed by atoms with E-state index in [4.69, 9.17) is 23.2 Å². The van der Waals surface area contributed by atoms with Gasteiger partial charge in [0.25, 0.3) is 5.91 Å². The summed E-state index contributed by atoms with van der Waals surface area (Å²) in [5, 5.41) is 12.3. The molecule has 0 saturated heterocycles. The van der Waals surface area contributed by atoms with Crippen LogP contribution < -0.4 is 5.32 Å². The molecule has 0 bridgehead atoms. The average Bonchev–Trinajstić information content (AvgIpc) is 2.80. The van der Waals surface area contributed by atoms with Crippen LogP contribution in [-0.2, 0) is 6.42 Å². The molecule has 0 saturated carbocycles. The normalized spacial score (nSPS) is 10.4. The number of nitrogens with one attached hydrogen (secondary N) is 1. The predicted octanol–water partition coefficient (Wildman–Crippen LogP) is 3.66. The third-order valence-corrected chi connectivity index (χ3v) is 3.99. The molecule has 1 N–H and O–H groups in total. The topological polar surface area (TPSA) is 54.9 Å². The third kappa shape index (κ3) is 2.80. The fourth-order valence-electron chi connectivity index (χ4n) is 1.29. The molecule has 1 amide bonds. The molecule has 0 aliphatic heterocycles. The minimum atomic E-state index is -0.346. The summed E-state index contributed by atoms with van der Waals surface area (Å²) in [4.78, 5) is 12.0. The van der Waals surface area contributed by atoms with Gasteiger partial charge in [-0.2, -0.15) is 0 Å². The Morgan fingerprint density at radius 3 is 2.83 bits per heavy atom. The van der Waals surface area contributed by atoms with Crippen molar-refractivity contribution in [2.75, 3.05) is 5.32 Å². The molecule has 1 aromatic carbocycles. The van der Waals surface area contributed by atoms with E-state index >= 15 is 0 Å². The molecule has 1 aromatic heterocycles. The minimum Gasteiger partial charge on any atom is -0.296 e. The summed E-state index contributed by atoms with van der Waals surface area (Å²) in [5.74, 6) is -0.346. The number of halogens is 2. The van der Waals surface area contributed by atoms with Gasteiger partial charge in [0, 0.05) is 0 Å². The highest BCUT2D eigenvalue weighted by Crippen LogP contribution is 2.26. The molecule has 7 heteroatoms. The number of amides is 1. The summed E-state index contributed by atoms with van der Waals surface area (Å²) in [5.41, 5.74) is 0.317. The molecule has 94 valence electrons. The van der Waals surface area contributed by atoms with Crippen molar-refractivity contribution in [1.82, 2.24) is 10.2 Å². The zero-order valence-corrected chi connectivity index (χ0v) is 11.7. The second-order valence-corrected chi connectivity index (χ2v) is 5.26. The van der Waals surface area contributed by atoms with Gasteiger partial charge in [-0.3, -0.25) is 10.1 Å². The monoisotopic (exact) mass is 301 g/mol. The van der Waals surface area contributed by atoms with E-state index in [0.717, 1.165) is 11.4 Å². The highest BCUT2D eigenvalue weighted by Gasteiger charge is 2.14. The fourth-order valence-corrected chi connectivity index (χ4v) is 2.35. The first-order valence-corrected chi connectivity index (χ1v) is 6.76. The Balaban J connectivity index is 2.19. The van der Waals surface area contributed by atoms with Crippen molar-refractivity contribution in [2.45, 2.75) is 13.3 Å². The van der Waals surface area contributed by atoms with E-state index in [2.05, 4.69) is 15.5 Å². The first-order chi connectivity index (χ1) is 8.61. The van der Waals surface area contributed by atoms with Gasteiger partial charge in [0.2, 0.25) is 5.13 Å². The Morgan fingerprint density at radius 2 is 2.17 bits per heavy atom. The summed E-state index contributed by atoms with van der Waals surface area (Å²) >= 11 is 13.1. The molecule has 2 aromatic rings. The maximum Gasteiger partial charge on any atom is 0.259 e. The van der Waals surface area contributed by atoms with Gasteiger partial charge in [-0.1, -0.05) is 47.5 Å². The lowest BCUT2D eigenvalue weighted by atomic mass is 10.2. The molecule has 18 heavy (non-hydrogen) atoms. The van der Waals surface area contributed by atoms with Crippen molar-refractivity contribution in [1.29, 1.82) is 0 Å². The molecule has 0 aliphatic rings. The number of anilines is 1. The Bertz CT molecular complexity index is 585. The van der Waals surface area contributed by atoms with Gasteiger partial charge >= 0.3 is 0 Å². The minimum absolute atomic E-state index is 0.233. The van der Waals surface area contributed by atoms with E-state index in [-0.39, 0.29) is 10.9 Å². The van der Waals surface area contributed by atoms with Crippen LogP contribution in [0, 0.1) is 0 Å². The number of aryl methyl sites for hydroxylation is 1. The van der Waals surface area contributed by atoms with E-state index in [1.54, 1.807) is 18.2 Å². The number of carbonyl (C=O) groups is 1. The Hall–Kier alpha value is -1.17. The van der Waals surface area contributed by atoms with Crippen LogP contribution in [-0.4, -0.2) is 16.1 Å². The average molecular weight is 302 g/mol. The SMILES string of the molecule is CCc1nnc(NC(=O)c2cccc(Cl)c2Cl)s1. The molecule has 4 nitrogen and oxygen atoms in total. The number of hydrogen-bond acceptors (Lipinski definition) is 4. The molecule has 2 rings (SSSR count). The molecule has 1 heterocycles. The van der Waals surface area contributed by atoms with Gasteiger partial charge in [-0.25, -0.2) is 0 Å². The van der Waals surface area contributed by atoms with E-state index in [0.29, 0.717) is 15.7 Å². The molecule has 0 unspecified atom stereocenters. The second-order valence-electron chi connectivity index (χ2n) is 3.41. The summed E-state index contributed by atoms with van der Waals surface area (Å²) in [7, 11) is 0. The highest BCUT2D eigenvalue weighted by atomic mass is 35.5. The summed E-state index contributed by atoms with van der Waals surface area (Å²) < 4.78 is 0. The number of carbonyl (C=O) groups excluding carboxylic acids is 1. The van der Waals surface area contributed by atoms with Crippen molar-refractivity contribution in [2.24, 2.45) is 0 Å². The number of nitrogens with zero attached hydrogens (tertiary/aromatic N) is 2. The van der Waals surface area contributed by atoms with Crippen molar-refractivity contribution >= 4 is 45.6 Å². The Kier molecular flexibility index (Phi) is 4.16. The number of hydrogen-bond donors (Lipinski definition) is 1. The number of aromatic nitrogens is 2. The molecule has 0 radical (unpaired) electrons. The first kappa shape index (κ1) is 13.3. The maximum atomic E-state index is 12.0. The third-order valence-electron chi connectivity index (χ3n) is 2.19. The molecular formula is C11H9Cl2N3OS. The summed E-state index contributed by atoms with van der Waals surface area (Å²) in [6.07, 6.45) is 0.783. The largest absolute Gasteiger partial charge is 0.296 e. The quantitative estimate of drug-likeness (QED) is 0.941. The van der Waals surface area contributed by atoms with Crippen LogP contribution in [0.1, 0.15) is 22.3 Å². The van der Waals surface area contributed by atoms with Crippen LogP contribution >= 0.6 is 34.5 Å². The van der Waals surface area contributed by atoms with Crippen molar-refractivity contribution in [3.05, 3.63) is 38.8 Å². The zero-order valence-electron chi connectivity index (χ0n) is 9.41. The van der Waals surface area contributed by atoms with Gasteiger partial charge in [0.05, 0.1) is 15.6 Å². The lowest BCUT2D eigenvalue weighted by Gasteiger charge is -2.04. The number of rotatable bonds is 3. The van der Waals surface area contributed by atoms with Crippen LogP contribution in [0.15, 0.2) is 18.2 Å². The summed E-state index contributed by atoms with van der Waals surface area (Å²) in [6.45, 7) is 1.97. The number of benzene rings is 1. The fraction of sp³-hybridized carbons (Fsp3) is 0.182. The zero-order chi connectivity index (χ0) is 13.1. The van der Waals surface area contributed by atoms with Gasteiger partial charge in [0.1, 0.15) is 5.01 Å². The van der Waals surface area contributed by atoms with Gasteiger partial charge < -0.3 is 0 Å². The van der Waals surface area contributed by atoms with E-state index < -0.39 is 0 Å². The van der Waals surface area contributed by atoms with Crippen molar-refractivity contribution in [3.63, 3.8) is 0 Å². The van der Waals surface area contributed by atoms with E-state index in [1.165, 1.54) is 11.3 Å². The highest BCUT2D eigenvalue weighted by molar-refractivity contribution is 7.15.